The zero-order chi connectivity index (χ0) is 34.5. The molecule has 268 valence electrons. The second kappa shape index (κ2) is 12.0. The third-order valence-corrected chi connectivity index (χ3v) is 15.6. The third kappa shape index (κ3) is 4.67. The van der Waals surface area contributed by atoms with Gasteiger partial charge in [-0.2, -0.15) is 0 Å². The van der Waals surface area contributed by atoms with Crippen LogP contribution in [0.25, 0.3) is 0 Å². The van der Waals surface area contributed by atoms with Crippen LogP contribution in [0.15, 0.2) is 11.6 Å². The molecule has 6 aliphatic rings. The standard InChI is InChI=1S/C36H58O11/c1-18-8-11-35(31(45)47-30-28(43)27(42)26(41)22(15-37)46-30)13-12-33(4)20(25(35)19(18)2)6-7-23-32(3)14-21(40)29(44)36(16-38,17-39)24(32)9-10-34(23,33)5/h6,18-19,21-30,37-44H,7-17H2,1-5H3/t18-,19+,21-,22-,23-,24-,25+,26-,27+,28-,29+,30+,32-,33-,34-,35+/m1/s1. The molecule has 0 unspecified atom stereocenters. The average molecular weight is 667 g/mol. The quantitative estimate of drug-likeness (QED) is 0.155. The number of aliphatic hydroxyl groups excluding tert-OH is 8. The molecule has 0 aromatic rings. The Morgan fingerprint density at radius 2 is 1.57 bits per heavy atom. The Morgan fingerprint density at radius 3 is 2.21 bits per heavy atom. The first-order chi connectivity index (χ1) is 22.0. The predicted molar refractivity (Wildman–Crippen MR) is 169 cm³/mol. The smallest absolute Gasteiger partial charge is 0.315 e. The van der Waals surface area contributed by atoms with E-state index < -0.39 is 84.9 Å². The van der Waals surface area contributed by atoms with E-state index in [2.05, 4.69) is 40.7 Å². The van der Waals surface area contributed by atoms with E-state index in [0.717, 1.165) is 12.8 Å². The van der Waals surface area contributed by atoms with Crippen LogP contribution in [0.5, 0.6) is 0 Å². The lowest BCUT2D eigenvalue weighted by atomic mass is 9.33. The molecule has 11 heteroatoms. The predicted octanol–water partition coefficient (Wildman–Crippen LogP) is 1.26. The summed E-state index contributed by atoms with van der Waals surface area (Å²) in [6.45, 7) is 9.86. The van der Waals surface area contributed by atoms with Crippen molar-refractivity contribution < 1.29 is 55.1 Å². The van der Waals surface area contributed by atoms with Gasteiger partial charge >= 0.3 is 5.97 Å². The highest BCUT2D eigenvalue weighted by Gasteiger charge is 2.71. The average Bonchev–Trinajstić information content (AvgIpc) is 3.04. The molecule has 0 spiro atoms. The minimum absolute atomic E-state index is 0.104. The molecule has 0 aromatic carbocycles. The molecule has 0 bridgehead atoms. The lowest BCUT2D eigenvalue weighted by Gasteiger charge is -2.71. The van der Waals surface area contributed by atoms with E-state index in [9.17, 15) is 45.6 Å². The molecule has 1 heterocycles. The largest absolute Gasteiger partial charge is 0.432 e. The SMILES string of the molecule is C[C@H]1[C@H](C)CC[C@]2(C(=O)O[C@@H]3O[C@H](CO)[C@@H](O)[C@H](O)[C@H]3O)CC[C@]3(C)C(=CC[C@@H]4[C@@]5(C)C[C@@H](O)[C@H](O)C(CO)(CO)[C@@H]5CC[C@]43C)[C@H]12. The summed E-state index contributed by atoms with van der Waals surface area (Å²) in [5.41, 5.74) is -1.80. The van der Waals surface area contributed by atoms with Crippen LogP contribution in [0.3, 0.4) is 0 Å². The topological polar surface area (TPSA) is 197 Å². The molecule has 16 atom stereocenters. The molecule has 5 fully saturated rings. The van der Waals surface area contributed by atoms with Crippen LogP contribution in [-0.4, -0.2) is 110 Å². The molecule has 6 rings (SSSR count). The molecule has 0 amide bonds. The molecule has 4 saturated carbocycles. The van der Waals surface area contributed by atoms with E-state index in [1.165, 1.54) is 5.57 Å². The minimum Gasteiger partial charge on any atom is -0.432 e. The maximum absolute atomic E-state index is 14.4. The number of hydrogen-bond donors (Lipinski definition) is 8. The number of hydrogen-bond acceptors (Lipinski definition) is 11. The van der Waals surface area contributed by atoms with Crippen molar-refractivity contribution in [2.24, 2.45) is 56.7 Å². The Bertz CT molecular complexity index is 1240. The van der Waals surface area contributed by atoms with E-state index >= 15 is 0 Å². The van der Waals surface area contributed by atoms with Gasteiger partial charge in [0, 0.05) is 5.41 Å². The second-order valence-corrected chi connectivity index (χ2v) is 17.2. The van der Waals surface area contributed by atoms with Crippen LogP contribution in [-0.2, 0) is 14.3 Å². The van der Waals surface area contributed by atoms with Crippen molar-refractivity contribution in [1.29, 1.82) is 0 Å². The Hall–Kier alpha value is -1.15. The molecular formula is C36H58O11. The summed E-state index contributed by atoms with van der Waals surface area (Å²) in [4.78, 5) is 14.4. The normalized spacial score (nSPS) is 53.9. The van der Waals surface area contributed by atoms with Crippen LogP contribution in [0.1, 0.15) is 86.0 Å². The summed E-state index contributed by atoms with van der Waals surface area (Å²) in [6.07, 6.45) is -2.21. The maximum atomic E-state index is 14.4. The van der Waals surface area contributed by atoms with Crippen molar-refractivity contribution in [3.8, 4) is 0 Å². The number of carbonyl (C=O) groups excluding carboxylic acids is 1. The number of fused-ring (bicyclic) bond motifs is 7. The third-order valence-electron chi connectivity index (χ3n) is 15.6. The summed E-state index contributed by atoms with van der Waals surface area (Å²) in [6, 6.07) is 0. The summed E-state index contributed by atoms with van der Waals surface area (Å²) in [5.74, 6) is -0.209. The molecule has 0 radical (unpaired) electrons. The molecule has 1 aliphatic heterocycles. The van der Waals surface area contributed by atoms with Crippen LogP contribution >= 0.6 is 0 Å². The lowest BCUT2D eigenvalue weighted by Crippen LogP contribution is -2.69. The van der Waals surface area contributed by atoms with Crippen LogP contribution < -0.4 is 0 Å². The zero-order valence-electron chi connectivity index (χ0n) is 28.6. The van der Waals surface area contributed by atoms with Gasteiger partial charge in [0.15, 0.2) is 0 Å². The monoisotopic (exact) mass is 666 g/mol. The van der Waals surface area contributed by atoms with Gasteiger partial charge in [0.2, 0.25) is 6.29 Å². The summed E-state index contributed by atoms with van der Waals surface area (Å²) >= 11 is 0. The first kappa shape index (κ1) is 35.7. The molecule has 47 heavy (non-hydrogen) atoms. The van der Waals surface area contributed by atoms with Gasteiger partial charge in [-0.05, 0) is 97.2 Å². The first-order valence-corrected chi connectivity index (χ1v) is 17.8. The Morgan fingerprint density at radius 1 is 0.894 bits per heavy atom. The fourth-order valence-electron chi connectivity index (χ4n) is 12.4. The van der Waals surface area contributed by atoms with E-state index in [0.29, 0.717) is 44.4 Å². The van der Waals surface area contributed by atoms with Gasteiger partial charge in [0.1, 0.15) is 24.4 Å². The molecule has 11 nitrogen and oxygen atoms in total. The molecule has 5 aliphatic carbocycles. The first-order valence-electron chi connectivity index (χ1n) is 17.8. The summed E-state index contributed by atoms with van der Waals surface area (Å²) in [5, 5.41) is 84.5. The zero-order valence-corrected chi connectivity index (χ0v) is 28.6. The molecular weight excluding hydrogens is 608 g/mol. The van der Waals surface area contributed by atoms with Crippen molar-refractivity contribution in [2.75, 3.05) is 19.8 Å². The van der Waals surface area contributed by atoms with Crippen LogP contribution in [0.4, 0.5) is 0 Å². The van der Waals surface area contributed by atoms with E-state index in [1.54, 1.807) is 0 Å². The van der Waals surface area contributed by atoms with Gasteiger partial charge in [0.25, 0.3) is 0 Å². The summed E-state index contributed by atoms with van der Waals surface area (Å²) < 4.78 is 11.5. The fourth-order valence-corrected chi connectivity index (χ4v) is 12.4. The maximum Gasteiger partial charge on any atom is 0.315 e. The summed E-state index contributed by atoms with van der Waals surface area (Å²) in [7, 11) is 0. The van der Waals surface area contributed by atoms with E-state index in [1.807, 2.05) is 0 Å². The second-order valence-electron chi connectivity index (χ2n) is 17.2. The van der Waals surface area contributed by atoms with Crippen molar-refractivity contribution >= 4 is 5.97 Å². The van der Waals surface area contributed by atoms with Crippen LogP contribution in [0, 0.1) is 56.7 Å². The van der Waals surface area contributed by atoms with Crippen LogP contribution in [0.2, 0.25) is 0 Å². The van der Waals surface area contributed by atoms with Gasteiger partial charge < -0.3 is 50.3 Å². The number of allylic oxidation sites excluding steroid dienone is 2. The fraction of sp³-hybridized carbons (Fsp3) is 0.917. The Kier molecular flexibility index (Phi) is 9.09. The van der Waals surface area contributed by atoms with Crippen molar-refractivity contribution in [3.63, 3.8) is 0 Å². The van der Waals surface area contributed by atoms with Gasteiger partial charge in [-0.1, -0.05) is 46.3 Å². The highest BCUT2D eigenvalue weighted by atomic mass is 16.7. The number of ether oxygens (including phenoxy) is 2. The molecule has 8 N–H and O–H groups in total. The number of aliphatic hydroxyl groups is 8. The van der Waals surface area contributed by atoms with Crippen molar-refractivity contribution in [2.45, 2.75) is 129 Å². The molecule has 1 saturated heterocycles. The van der Waals surface area contributed by atoms with Crippen molar-refractivity contribution in [3.05, 3.63) is 11.6 Å². The minimum atomic E-state index is -1.67. The number of esters is 1. The van der Waals surface area contributed by atoms with Gasteiger partial charge in [0.05, 0.1) is 37.4 Å². The highest BCUT2D eigenvalue weighted by Crippen LogP contribution is 2.76. The molecule has 0 aromatic heterocycles. The highest BCUT2D eigenvalue weighted by molar-refractivity contribution is 5.79. The Balaban J connectivity index is 1.37. The van der Waals surface area contributed by atoms with Gasteiger partial charge in [-0.25, -0.2) is 0 Å². The number of rotatable bonds is 5. The van der Waals surface area contributed by atoms with Gasteiger partial charge in [-0.3, -0.25) is 4.79 Å². The number of carbonyl (C=O) groups is 1. The van der Waals surface area contributed by atoms with Gasteiger partial charge in [-0.15, -0.1) is 0 Å². The van der Waals surface area contributed by atoms with Crippen molar-refractivity contribution in [1.82, 2.24) is 0 Å². The Labute approximate surface area is 278 Å². The van der Waals surface area contributed by atoms with E-state index in [4.69, 9.17) is 9.47 Å². The van der Waals surface area contributed by atoms with E-state index in [-0.39, 0.29) is 34.5 Å². The lowest BCUT2D eigenvalue weighted by molar-refractivity contribution is -0.298.